The van der Waals surface area contributed by atoms with Crippen LogP contribution in [0.4, 0.5) is 0 Å². The molecule has 65 heavy (non-hydrogen) atoms. The van der Waals surface area contributed by atoms with Crippen molar-refractivity contribution >= 4 is 23.5 Å². The van der Waals surface area contributed by atoms with Crippen LogP contribution in [0.1, 0.15) is 112 Å². The highest BCUT2D eigenvalue weighted by Gasteiger charge is 2.53. The molecule has 3 aliphatic rings. The molecule has 4 rings (SSSR count). The van der Waals surface area contributed by atoms with Crippen LogP contribution in [0, 0.1) is 17.8 Å². The zero-order valence-electron chi connectivity index (χ0n) is 41.4. The van der Waals surface area contributed by atoms with Crippen molar-refractivity contribution in [1.29, 1.82) is 0 Å². The Hall–Kier alpha value is -2.03. The van der Waals surface area contributed by atoms with Crippen molar-refractivity contribution in [3.05, 3.63) is 34.9 Å². The summed E-state index contributed by atoms with van der Waals surface area (Å²) in [6.45, 7) is 18.8. The number of halogens is 1. The fraction of sp³-hybridized carbons (Fsp3) is 0.833. The Morgan fingerprint density at radius 2 is 1.62 bits per heavy atom. The van der Waals surface area contributed by atoms with Crippen molar-refractivity contribution in [2.45, 2.75) is 192 Å². The van der Waals surface area contributed by atoms with E-state index >= 15 is 0 Å². The lowest BCUT2D eigenvalue weighted by atomic mass is 9.77. The second kappa shape index (κ2) is 23.5. The first kappa shape index (κ1) is 55.6. The topological polar surface area (TPSA) is 198 Å². The molecule has 0 radical (unpaired) electrons. The molecule has 0 aliphatic carbocycles. The maximum absolute atomic E-state index is 14.5. The number of ether oxygens (including phenoxy) is 7. The normalized spacial score (nSPS) is 41.9. The number of esters is 1. The van der Waals surface area contributed by atoms with Crippen molar-refractivity contribution in [2.75, 3.05) is 47.9 Å². The van der Waals surface area contributed by atoms with Gasteiger partial charge in [-0.3, -0.25) is 9.59 Å². The minimum Gasteiger partial charge on any atom is -0.459 e. The number of amides is 1. The number of aliphatic hydroxyl groups is 4. The van der Waals surface area contributed by atoms with Gasteiger partial charge in [0, 0.05) is 61.8 Å². The summed E-state index contributed by atoms with van der Waals surface area (Å²) in [7, 11) is 7.30. The van der Waals surface area contributed by atoms with Crippen LogP contribution in [0.2, 0.25) is 5.02 Å². The second-order valence-corrected chi connectivity index (χ2v) is 20.6. The van der Waals surface area contributed by atoms with Gasteiger partial charge in [-0.25, -0.2) is 0 Å². The van der Waals surface area contributed by atoms with Gasteiger partial charge in [0.15, 0.2) is 12.6 Å². The van der Waals surface area contributed by atoms with Crippen molar-refractivity contribution in [3.63, 3.8) is 0 Å². The van der Waals surface area contributed by atoms with E-state index in [-0.39, 0.29) is 49.8 Å². The zero-order chi connectivity index (χ0) is 48.8. The van der Waals surface area contributed by atoms with E-state index < -0.39 is 96.0 Å². The Morgan fingerprint density at radius 1 is 0.969 bits per heavy atom. The number of nitrogens with zero attached hydrogens (tertiary/aromatic N) is 2. The maximum Gasteiger partial charge on any atom is 0.311 e. The number of rotatable bonds is 13. The van der Waals surface area contributed by atoms with Crippen LogP contribution in [0.25, 0.3) is 0 Å². The SMILES string of the molecule is CCC1OC(=O)C(C)C(OC2CC(C)(OC)C(O)C(C)O2)C(C)C(OC2OC(C)CC(N(C)C)C2OCCCNC(=O)c2ccc(Cl)cc2)C(C)(O)CC(C)CN(C)C(C)C(O)C1(C)O. The number of carbonyl (C=O) groups excluding carboxylic acids is 2. The summed E-state index contributed by atoms with van der Waals surface area (Å²) in [6.07, 6.45) is -7.34. The molecule has 3 fully saturated rings. The first-order chi connectivity index (χ1) is 30.3. The highest BCUT2D eigenvalue weighted by atomic mass is 35.5. The lowest BCUT2D eigenvalue weighted by molar-refractivity contribution is -0.321. The number of nitrogens with one attached hydrogen (secondary N) is 1. The molecular weight excluding hydrogens is 862 g/mol. The van der Waals surface area contributed by atoms with Gasteiger partial charge in [-0.05, 0) is 125 Å². The molecule has 3 aliphatic heterocycles. The van der Waals surface area contributed by atoms with Gasteiger partial charge in [0.25, 0.3) is 5.91 Å². The average Bonchev–Trinajstić information content (AvgIpc) is 3.24. The van der Waals surface area contributed by atoms with Crippen LogP contribution in [0.3, 0.4) is 0 Å². The monoisotopic (exact) mass is 944 g/mol. The predicted molar refractivity (Wildman–Crippen MR) is 246 cm³/mol. The van der Waals surface area contributed by atoms with E-state index in [4.69, 9.17) is 44.8 Å². The molecule has 374 valence electrons. The van der Waals surface area contributed by atoms with Gasteiger partial charge in [0.2, 0.25) is 0 Å². The van der Waals surface area contributed by atoms with E-state index in [0.29, 0.717) is 36.5 Å². The molecule has 1 aromatic rings. The van der Waals surface area contributed by atoms with Crippen LogP contribution in [0.15, 0.2) is 24.3 Å². The van der Waals surface area contributed by atoms with E-state index in [1.807, 2.05) is 53.7 Å². The Morgan fingerprint density at radius 3 is 2.22 bits per heavy atom. The van der Waals surface area contributed by atoms with Crippen LogP contribution in [-0.4, -0.2) is 180 Å². The van der Waals surface area contributed by atoms with E-state index in [1.165, 1.54) is 14.0 Å². The largest absolute Gasteiger partial charge is 0.459 e. The summed E-state index contributed by atoms with van der Waals surface area (Å²) in [5, 5.41) is 51.0. The maximum atomic E-state index is 14.5. The molecule has 18 unspecified atom stereocenters. The number of hydrogen-bond donors (Lipinski definition) is 5. The van der Waals surface area contributed by atoms with Crippen LogP contribution in [-0.2, 0) is 38.0 Å². The molecule has 0 aromatic heterocycles. The third kappa shape index (κ3) is 13.8. The Bertz CT molecular complexity index is 1660. The van der Waals surface area contributed by atoms with E-state index in [0.717, 1.165) is 0 Å². The van der Waals surface area contributed by atoms with Gasteiger partial charge in [0.05, 0.1) is 41.5 Å². The summed E-state index contributed by atoms with van der Waals surface area (Å²) in [5.74, 6) is -2.89. The summed E-state index contributed by atoms with van der Waals surface area (Å²) < 4.78 is 45.4. The fourth-order valence-corrected chi connectivity index (χ4v) is 10.2. The number of cyclic esters (lactones) is 1. The Balaban J connectivity index is 1.75. The number of benzene rings is 1. The molecule has 1 amide bonds. The highest BCUT2D eigenvalue weighted by molar-refractivity contribution is 6.30. The molecule has 0 saturated carbocycles. The Kier molecular flexibility index (Phi) is 20.1. The number of methoxy groups -OCH3 is 1. The van der Waals surface area contributed by atoms with Crippen LogP contribution >= 0.6 is 11.6 Å². The molecule has 1 aromatic carbocycles. The molecule has 5 N–H and O–H groups in total. The zero-order valence-corrected chi connectivity index (χ0v) is 42.1. The minimum absolute atomic E-state index is 0.117. The molecule has 3 saturated heterocycles. The van der Waals surface area contributed by atoms with Gasteiger partial charge in [-0.1, -0.05) is 32.4 Å². The smallest absolute Gasteiger partial charge is 0.311 e. The Labute approximate surface area is 392 Å². The highest BCUT2D eigenvalue weighted by Crippen LogP contribution is 2.40. The standard InChI is InChI=1S/C48H82ClN3O13/c1-15-36-48(10,58)40(53)31(6)52(13)26-27(2)24-46(8,57)42(29(4)38(30(5)44(56)63-36)64-37-25-47(9,59-14)41(54)32(7)62-37)65-45-39(35(51(11)12)23-28(3)61-45)60-22-16-21-50-43(55)33-17-19-34(49)20-18-33/h17-20,27-32,35-42,45,53-54,57-58H,15-16,21-26H2,1-14H3,(H,50,55). The van der Waals surface area contributed by atoms with E-state index in [2.05, 4.69) is 10.2 Å². The summed E-state index contributed by atoms with van der Waals surface area (Å²) in [6, 6.07) is 5.95. The quantitative estimate of drug-likeness (QED) is 0.138. The van der Waals surface area contributed by atoms with Gasteiger partial charge in [-0.15, -0.1) is 0 Å². The average molecular weight is 945 g/mol. The molecular formula is C48H82ClN3O13. The third-order valence-corrected chi connectivity index (χ3v) is 14.5. The van der Waals surface area contributed by atoms with E-state index in [9.17, 15) is 30.0 Å². The first-order valence-electron chi connectivity index (χ1n) is 23.5. The third-order valence-electron chi connectivity index (χ3n) is 14.2. The lowest BCUT2D eigenvalue weighted by Gasteiger charge is -2.49. The van der Waals surface area contributed by atoms with Gasteiger partial charge in [-0.2, -0.15) is 0 Å². The molecule has 17 heteroatoms. The molecule has 16 nitrogen and oxygen atoms in total. The molecule has 0 bridgehead atoms. The molecule has 0 spiro atoms. The lowest BCUT2D eigenvalue weighted by Crippen LogP contribution is -2.61. The van der Waals surface area contributed by atoms with Crippen molar-refractivity contribution in [1.82, 2.24) is 15.1 Å². The number of carbonyl (C=O) groups is 2. The second-order valence-electron chi connectivity index (χ2n) is 20.1. The van der Waals surface area contributed by atoms with E-state index in [1.54, 1.807) is 58.9 Å². The molecule has 3 heterocycles. The number of hydrogen-bond acceptors (Lipinski definition) is 15. The van der Waals surface area contributed by atoms with Crippen molar-refractivity contribution < 1.29 is 63.2 Å². The van der Waals surface area contributed by atoms with Gasteiger partial charge >= 0.3 is 5.97 Å². The summed E-state index contributed by atoms with van der Waals surface area (Å²) >= 11 is 6.01. The first-order valence-corrected chi connectivity index (χ1v) is 23.9. The minimum atomic E-state index is -1.83. The van der Waals surface area contributed by atoms with Crippen molar-refractivity contribution in [2.24, 2.45) is 17.8 Å². The van der Waals surface area contributed by atoms with Gasteiger partial charge < -0.3 is 68.7 Å². The summed E-state index contributed by atoms with van der Waals surface area (Å²) in [4.78, 5) is 31.3. The predicted octanol–water partition coefficient (Wildman–Crippen LogP) is 4.40. The van der Waals surface area contributed by atoms with Crippen molar-refractivity contribution in [3.8, 4) is 0 Å². The van der Waals surface area contributed by atoms with Crippen LogP contribution in [0.5, 0.6) is 0 Å². The number of likely N-dealkylation sites (N-methyl/N-ethyl adjacent to an activating group) is 2. The molecule has 18 atom stereocenters. The number of aliphatic hydroxyl groups excluding tert-OH is 2. The fourth-order valence-electron chi connectivity index (χ4n) is 10.1. The van der Waals surface area contributed by atoms with Gasteiger partial charge in [0.1, 0.15) is 30.0 Å². The van der Waals surface area contributed by atoms with Crippen LogP contribution < -0.4 is 5.32 Å². The summed E-state index contributed by atoms with van der Waals surface area (Å²) in [5.41, 5.74) is -3.96.